The molecule has 2 rings (SSSR count). The summed E-state index contributed by atoms with van der Waals surface area (Å²) < 4.78 is 6.09. The van der Waals surface area contributed by atoms with Crippen LogP contribution in [0.25, 0.3) is 0 Å². The van der Waals surface area contributed by atoms with E-state index in [9.17, 15) is 0 Å². The predicted octanol–water partition coefficient (Wildman–Crippen LogP) is 8.16. The fourth-order valence-corrected chi connectivity index (χ4v) is 4.78. The van der Waals surface area contributed by atoms with Crippen molar-refractivity contribution in [2.45, 2.75) is 62.9 Å². The number of benzene rings is 2. The van der Waals surface area contributed by atoms with E-state index in [4.69, 9.17) is 3.63 Å². The van der Waals surface area contributed by atoms with Gasteiger partial charge in [-0.3, -0.25) is 0 Å². The smallest absolute Gasteiger partial charge is 0.0573 e. The van der Waals surface area contributed by atoms with Gasteiger partial charge in [0.05, 0.1) is 10.5 Å². The largest absolute Gasteiger partial charge is 0.246 e. The fraction of sp³-hybridized carbons (Fsp3) is 0.455. The van der Waals surface area contributed by atoms with E-state index >= 15 is 0 Å². The van der Waals surface area contributed by atoms with E-state index in [0.29, 0.717) is 10.5 Å². The van der Waals surface area contributed by atoms with Crippen LogP contribution in [0.4, 0.5) is 0 Å². The van der Waals surface area contributed by atoms with Crippen LogP contribution in [0.5, 0.6) is 0 Å². The Kier molecular flexibility index (Phi) is 10.2. The maximum absolute atomic E-state index is 6.09. The Morgan fingerprint density at radius 2 is 1.08 bits per heavy atom. The number of hydrogen-bond donors (Lipinski definition) is 0. The minimum absolute atomic E-state index is 0.413. The first-order chi connectivity index (χ1) is 12.3. The minimum Gasteiger partial charge on any atom is -0.246 e. The molecule has 0 spiro atoms. The molecule has 0 bridgehead atoms. The van der Waals surface area contributed by atoms with Gasteiger partial charge in [-0.05, 0) is 24.0 Å². The van der Waals surface area contributed by atoms with Gasteiger partial charge in [0.25, 0.3) is 0 Å². The van der Waals surface area contributed by atoms with Crippen molar-refractivity contribution in [2.75, 3.05) is 0 Å². The number of hydrogen-bond acceptors (Lipinski definition) is 3. The highest BCUT2D eigenvalue weighted by molar-refractivity contribution is 8.08. The topological polar surface area (TPSA) is 9.23 Å². The molecule has 2 aromatic rings. The molecule has 0 amide bonds. The first-order valence-corrected chi connectivity index (χ1v) is 11.0. The summed E-state index contributed by atoms with van der Waals surface area (Å²) >= 11 is 3.27. The summed E-state index contributed by atoms with van der Waals surface area (Å²) in [4.78, 5) is 0. The van der Waals surface area contributed by atoms with E-state index in [1.54, 1.807) is 24.1 Å². The summed E-state index contributed by atoms with van der Waals surface area (Å²) in [5, 5.41) is 0.826. The SMILES string of the molecule is CCCCC(SOSC(CCCC)c1ccccc1)c1ccccc1. The van der Waals surface area contributed by atoms with E-state index in [2.05, 4.69) is 74.5 Å². The van der Waals surface area contributed by atoms with Crippen molar-refractivity contribution in [1.82, 2.24) is 0 Å². The van der Waals surface area contributed by atoms with Crippen LogP contribution in [0.3, 0.4) is 0 Å². The second-order valence-electron chi connectivity index (χ2n) is 6.34. The number of rotatable bonds is 12. The van der Waals surface area contributed by atoms with Crippen LogP contribution in [-0.2, 0) is 3.63 Å². The molecule has 0 radical (unpaired) electrons. The zero-order chi connectivity index (χ0) is 17.7. The Bertz CT molecular complexity index is 507. The maximum Gasteiger partial charge on any atom is 0.0573 e. The zero-order valence-corrected chi connectivity index (χ0v) is 17.0. The Morgan fingerprint density at radius 1 is 0.680 bits per heavy atom. The summed E-state index contributed by atoms with van der Waals surface area (Å²) in [5.74, 6) is 0. The van der Waals surface area contributed by atoms with Gasteiger partial charge in [-0.1, -0.05) is 100 Å². The summed E-state index contributed by atoms with van der Waals surface area (Å²) in [7, 11) is 0. The molecule has 0 heterocycles. The molecule has 0 fully saturated rings. The maximum atomic E-state index is 6.09. The first kappa shape index (κ1) is 20.4. The third-order valence-electron chi connectivity index (χ3n) is 4.29. The van der Waals surface area contributed by atoms with Crippen molar-refractivity contribution in [3.05, 3.63) is 71.8 Å². The van der Waals surface area contributed by atoms with Gasteiger partial charge in [0, 0.05) is 24.1 Å². The standard InChI is InChI=1S/C22H30OS2/c1-3-5-17-21(19-13-9-7-10-14-19)24-23-25-22(18-6-4-2)20-15-11-8-12-16-20/h7-16,21-22H,3-6,17-18H2,1-2H3. The highest BCUT2D eigenvalue weighted by Gasteiger charge is 2.17. The Labute approximate surface area is 162 Å². The zero-order valence-electron chi connectivity index (χ0n) is 15.4. The molecule has 2 unspecified atom stereocenters. The molecule has 0 N–H and O–H groups in total. The molecular weight excluding hydrogens is 344 g/mol. The van der Waals surface area contributed by atoms with Crippen molar-refractivity contribution in [3.63, 3.8) is 0 Å². The van der Waals surface area contributed by atoms with Crippen molar-refractivity contribution in [2.24, 2.45) is 0 Å². The van der Waals surface area contributed by atoms with Crippen molar-refractivity contribution in [3.8, 4) is 0 Å². The normalized spacial score (nSPS) is 13.5. The summed E-state index contributed by atoms with van der Waals surface area (Å²) in [5.41, 5.74) is 2.73. The average molecular weight is 375 g/mol. The molecule has 1 nitrogen and oxygen atoms in total. The average Bonchev–Trinajstić information content (AvgIpc) is 2.68. The summed E-state index contributed by atoms with van der Waals surface area (Å²) in [6, 6.07) is 21.5. The molecule has 0 aromatic heterocycles. The van der Waals surface area contributed by atoms with E-state index in [1.165, 1.54) is 36.8 Å². The van der Waals surface area contributed by atoms with Crippen LogP contribution in [0.2, 0.25) is 0 Å². The van der Waals surface area contributed by atoms with E-state index in [0.717, 1.165) is 12.8 Å². The van der Waals surface area contributed by atoms with E-state index < -0.39 is 0 Å². The quantitative estimate of drug-likeness (QED) is 0.347. The van der Waals surface area contributed by atoms with Crippen molar-refractivity contribution < 1.29 is 3.63 Å². The molecule has 0 aliphatic carbocycles. The molecular formula is C22H30OS2. The van der Waals surface area contributed by atoms with Gasteiger partial charge >= 0.3 is 0 Å². The lowest BCUT2D eigenvalue weighted by Crippen LogP contribution is -1.97. The number of unbranched alkanes of at least 4 members (excludes halogenated alkanes) is 2. The highest BCUT2D eigenvalue weighted by atomic mass is 32.2. The van der Waals surface area contributed by atoms with Crippen molar-refractivity contribution >= 4 is 24.1 Å². The molecule has 25 heavy (non-hydrogen) atoms. The second kappa shape index (κ2) is 12.5. The van der Waals surface area contributed by atoms with Gasteiger partial charge < -0.3 is 0 Å². The second-order valence-corrected chi connectivity index (χ2v) is 8.41. The van der Waals surface area contributed by atoms with Crippen LogP contribution < -0.4 is 0 Å². The van der Waals surface area contributed by atoms with E-state index in [-0.39, 0.29) is 0 Å². The minimum atomic E-state index is 0.413. The highest BCUT2D eigenvalue weighted by Crippen LogP contribution is 2.42. The van der Waals surface area contributed by atoms with Gasteiger partial charge in [-0.15, -0.1) is 0 Å². The molecule has 2 aromatic carbocycles. The summed E-state index contributed by atoms with van der Waals surface area (Å²) in [6.07, 6.45) is 7.24. The molecule has 0 saturated carbocycles. The summed E-state index contributed by atoms with van der Waals surface area (Å²) in [6.45, 7) is 4.50. The third kappa shape index (κ3) is 7.47. The first-order valence-electron chi connectivity index (χ1n) is 9.43. The van der Waals surface area contributed by atoms with Crippen LogP contribution in [0.1, 0.15) is 74.0 Å². The molecule has 3 heteroatoms. The molecule has 0 aliphatic rings. The van der Waals surface area contributed by atoms with Crippen LogP contribution in [0.15, 0.2) is 60.7 Å². The lowest BCUT2D eigenvalue weighted by atomic mass is 10.1. The van der Waals surface area contributed by atoms with E-state index in [1.807, 2.05) is 0 Å². The predicted molar refractivity (Wildman–Crippen MR) is 114 cm³/mol. The van der Waals surface area contributed by atoms with Gasteiger partial charge in [0.15, 0.2) is 0 Å². The van der Waals surface area contributed by atoms with Gasteiger partial charge in [-0.25, -0.2) is 3.63 Å². The van der Waals surface area contributed by atoms with Gasteiger partial charge in [0.1, 0.15) is 0 Å². The lowest BCUT2D eigenvalue weighted by molar-refractivity contribution is 0.651. The Balaban J connectivity index is 1.93. The fourth-order valence-electron chi connectivity index (χ4n) is 2.77. The third-order valence-corrected chi connectivity index (χ3v) is 6.40. The van der Waals surface area contributed by atoms with Gasteiger partial charge in [0.2, 0.25) is 0 Å². The monoisotopic (exact) mass is 374 g/mol. The Morgan fingerprint density at radius 3 is 1.44 bits per heavy atom. The molecule has 0 aliphatic heterocycles. The Hall–Kier alpha value is -0.900. The molecule has 0 saturated heterocycles. The van der Waals surface area contributed by atoms with Crippen LogP contribution in [0, 0.1) is 0 Å². The molecule has 136 valence electrons. The lowest BCUT2D eigenvalue weighted by Gasteiger charge is -2.19. The van der Waals surface area contributed by atoms with Crippen molar-refractivity contribution in [1.29, 1.82) is 0 Å². The van der Waals surface area contributed by atoms with Crippen LogP contribution in [-0.4, -0.2) is 0 Å². The molecule has 2 atom stereocenters. The van der Waals surface area contributed by atoms with Gasteiger partial charge in [-0.2, -0.15) is 0 Å². The van der Waals surface area contributed by atoms with Crippen LogP contribution >= 0.6 is 24.1 Å².